The second-order valence-electron chi connectivity index (χ2n) is 5.92. The van der Waals surface area contributed by atoms with E-state index in [4.69, 9.17) is 16.3 Å². The largest absolute Gasteiger partial charge is 0.444 e. The summed E-state index contributed by atoms with van der Waals surface area (Å²) in [6.07, 6.45) is -0.281. The van der Waals surface area contributed by atoms with Crippen molar-refractivity contribution in [1.82, 2.24) is 4.90 Å². The summed E-state index contributed by atoms with van der Waals surface area (Å²) in [7, 11) is 0. The van der Waals surface area contributed by atoms with E-state index in [2.05, 4.69) is 12.1 Å². The summed E-state index contributed by atoms with van der Waals surface area (Å²) in [5.41, 5.74) is 0.706. The van der Waals surface area contributed by atoms with E-state index in [-0.39, 0.29) is 17.4 Å². The number of hydrogen-bond donors (Lipinski definition) is 0. The van der Waals surface area contributed by atoms with Crippen LogP contribution < -0.4 is 0 Å². The Hall–Kier alpha value is -1.22. The molecule has 0 radical (unpaired) electrons. The van der Waals surface area contributed by atoms with E-state index >= 15 is 0 Å². The van der Waals surface area contributed by atoms with Crippen molar-refractivity contribution in [3.8, 4) is 0 Å². The van der Waals surface area contributed by atoms with Crippen molar-refractivity contribution in [1.29, 1.82) is 0 Å². The third-order valence-electron chi connectivity index (χ3n) is 3.13. The van der Waals surface area contributed by atoms with Gasteiger partial charge in [-0.05, 0) is 26.3 Å². The number of ether oxygens (including phenoxy) is 1. The molecule has 1 aromatic rings. The Bertz CT molecular complexity index is 441. The maximum Gasteiger partial charge on any atom is 0.410 e. The molecule has 1 amide bonds. The number of carbonyl (C=O) groups excluding carboxylic acids is 1. The maximum atomic E-state index is 12.0. The minimum absolute atomic E-state index is 0.0603. The third-order valence-corrected chi connectivity index (χ3v) is 3.57. The lowest BCUT2D eigenvalue weighted by Gasteiger charge is -2.24. The predicted molar refractivity (Wildman–Crippen MR) is 76.6 cm³/mol. The van der Waals surface area contributed by atoms with Crippen LogP contribution in [-0.2, 0) is 4.74 Å². The molecule has 1 saturated heterocycles. The summed E-state index contributed by atoms with van der Waals surface area (Å²) in [4.78, 5) is 13.7. The molecule has 2 rings (SSSR count). The molecule has 2 unspecified atom stereocenters. The first kappa shape index (κ1) is 14.2. The van der Waals surface area contributed by atoms with Crippen LogP contribution in [0.25, 0.3) is 0 Å². The molecule has 1 aromatic carbocycles. The number of halogens is 1. The van der Waals surface area contributed by atoms with Crippen LogP contribution in [0.1, 0.15) is 32.3 Å². The van der Waals surface area contributed by atoms with Crippen LogP contribution in [0.3, 0.4) is 0 Å². The molecule has 104 valence electrons. The fraction of sp³-hybridized carbons (Fsp3) is 0.533. The van der Waals surface area contributed by atoms with Gasteiger partial charge >= 0.3 is 6.09 Å². The quantitative estimate of drug-likeness (QED) is 0.736. The van der Waals surface area contributed by atoms with Crippen molar-refractivity contribution in [2.24, 2.45) is 0 Å². The summed E-state index contributed by atoms with van der Waals surface area (Å²) in [5, 5.41) is -0.0603. The normalized spacial score (nSPS) is 23.5. The van der Waals surface area contributed by atoms with Gasteiger partial charge in [0.1, 0.15) is 5.60 Å². The second kappa shape index (κ2) is 5.41. The van der Waals surface area contributed by atoms with Gasteiger partial charge in [-0.3, -0.25) is 0 Å². The van der Waals surface area contributed by atoms with Crippen LogP contribution in [0.15, 0.2) is 30.3 Å². The van der Waals surface area contributed by atoms with E-state index in [9.17, 15) is 4.79 Å². The van der Waals surface area contributed by atoms with E-state index in [0.717, 1.165) is 0 Å². The highest BCUT2D eigenvalue weighted by molar-refractivity contribution is 6.21. The van der Waals surface area contributed by atoms with Gasteiger partial charge < -0.3 is 9.64 Å². The topological polar surface area (TPSA) is 29.5 Å². The monoisotopic (exact) mass is 281 g/mol. The van der Waals surface area contributed by atoms with Gasteiger partial charge in [0.05, 0.1) is 5.38 Å². The summed E-state index contributed by atoms with van der Waals surface area (Å²) in [6.45, 7) is 6.76. The number of amides is 1. The smallest absolute Gasteiger partial charge is 0.410 e. The molecule has 0 spiro atoms. The molecule has 0 saturated carbocycles. The molecule has 3 nitrogen and oxygen atoms in total. The van der Waals surface area contributed by atoms with Gasteiger partial charge in [-0.15, -0.1) is 11.6 Å². The highest BCUT2D eigenvalue weighted by Gasteiger charge is 2.36. The van der Waals surface area contributed by atoms with Gasteiger partial charge in [0, 0.05) is 19.0 Å². The molecule has 1 heterocycles. The minimum atomic E-state index is -0.469. The second-order valence-corrected chi connectivity index (χ2v) is 6.48. The van der Waals surface area contributed by atoms with Gasteiger partial charge in [-0.1, -0.05) is 30.3 Å². The fourth-order valence-corrected chi connectivity index (χ4v) is 2.65. The van der Waals surface area contributed by atoms with Crippen molar-refractivity contribution in [2.45, 2.75) is 37.7 Å². The number of likely N-dealkylation sites (tertiary alicyclic amines) is 1. The lowest BCUT2D eigenvalue weighted by molar-refractivity contribution is 0.0293. The van der Waals surface area contributed by atoms with Crippen molar-refractivity contribution >= 4 is 17.7 Å². The zero-order valence-corrected chi connectivity index (χ0v) is 12.4. The van der Waals surface area contributed by atoms with Crippen LogP contribution in [0, 0.1) is 0 Å². The molecule has 2 atom stereocenters. The highest BCUT2D eigenvalue weighted by atomic mass is 35.5. The Labute approximate surface area is 119 Å². The number of carbonyl (C=O) groups is 1. The molecule has 19 heavy (non-hydrogen) atoms. The number of benzene rings is 1. The maximum absolute atomic E-state index is 12.0. The molecule has 1 fully saturated rings. The first-order chi connectivity index (χ1) is 8.87. The number of hydrogen-bond acceptors (Lipinski definition) is 2. The Kier molecular flexibility index (Phi) is 4.04. The fourth-order valence-electron chi connectivity index (χ4n) is 2.25. The average molecular weight is 282 g/mol. The highest BCUT2D eigenvalue weighted by Crippen LogP contribution is 2.32. The molecular formula is C15H20ClNO2. The molecule has 0 aliphatic carbocycles. The van der Waals surface area contributed by atoms with Crippen molar-refractivity contribution in [3.05, 3.63) is 35.9 Å². The van der Waals surface area contributed by atoms with E-state index < -0.39 is 5.60 Å². The Morgan fingerprint density at radius 1 is 1.26 bits per heavy atom. The van der Waals surface area contributed by atoms with Crippen molar-refractivity contribution in [2.75, 3.05) is 13.1 Å². The Balaban J connectivity index is 2.04. The molecule has 1 aliphatic heterocycles. The van der Waals surface area contributed by atoms with Gasteiger partial charge in [0.25, 0.3) is 0 Å². The SMILES string of the molecule is CC(C)(C)OC(=O)N1CC(Cl)C(c2ccccc2)C1. The van der Waals surface area contributed by atoms with E-state index in [1.807, 2.05) is 39.0 Å². The molecule has 1 aliphatic rings. The van der Waals surface area contributed by atoms with Crippen LogP contribution in [0.5, 0.6) is 0 Å². The summed E-state index contributed by atoms with van der Waals surface area (Å²) in [6, 6.07) is 10.1. The summed E-state index contributed by atoms with van der Waals surface area (Å²) >= 11 is 6.37. The van der Waals surface area contributed by atoms with Gasteiger partial charge in [-0.2, -0.15) is 0 Å². The van der Waals surface area contributed by atoms with Crippen molar-refractivity contribution < 1.29 is 9.53 Å². The molecular weight excluding hydrogens is 262 g/mol. The van der Waals surface area contributed by atoms with Crippen LogP contribution >= 0.6 is 11.6 Å². The van der Waals surface area contributed by atoms with Gasteiger partial charge in [0.15, 0.2) is 0 Å². The van der Waals surface area contributed by atoms with Crippen LogP contribution in [0.4, 0.5) is 4.79 Å². The lowest BCUT2D eigenvalue weighted by Crippen LogP contribution is -2.35. The lowest BCUT2D eigenvalue weighted by atomic mass is 9.98. The van der Waals surface area contributed by atoms with E-state index in [0.29, 0.717) is 13.1 Å². The first-order valence-electron chi connectivity index (χ1n) is 6.54. The summed E-state index contributed by atoms with van der Waals surface area (Å²) in [5.74, 6) is 0.176. The van der Waals surface area contributed by atoms with Crippen molar-refractivity contribution in [3.63, 3.8) is 0 Å². The van der Waals surface area contributed by atoms with Gasteiger partial charge in [0.2, 0.25) is 0 Å². The average Bonchev–Trinajstić information content (AvgIpc) is 2.70. The molecule has 0 aromatic heterocycles. The zero-order valence-electron chi connectivity index (χ0n) is 11.6. The minimum Gasteiger partial charge on any atom is -0.444 e. The molecule has 0 N–H and O–H groups in total. The Morgan fingerprint density at radius 3 is 2.47 bits per heavy atom. The molecule has 4 heteroatoms. The number of nitrogens with zero attached hydrogens (tertiary/aromatic N) is 1. The van der Waals surface area contributed by atoms with E-state index in [1.54, 1.807) is 4.90 Å². The van der Waals surface area contributed by atoms with Crippen LogP contribution in [0.2, 0.25) is 0 Å². The first-order valence-corrected chi connectivity index (χ1v) is 6.97. The number of rotatable bonds is 1. The zero-order chi connectivity index (χ0) is 14.0. The standard InChI is InChI=1S/C15H20ClNO2/c1-15(2,3)19-14(18)17-9-12(13(16)10-17)11-7-5-4-6-8-11/h4-8,12-13H,9-10H2,1-3H3. The van der Waals surface area contributed by atoms with Gasteiger partial charge in [-0.25, -0.2) is 4.79 Å². The predicted octanol–water partition coefficient (Wildman–Crippen LogP) is 3.63. The third kappa shape index (κ3) is 3.63. The van der Waals surface area contributed by atoms with E-state index in [1.165, 1.54) is 5.56 Å². The van der Waals surface area contributed by atoms with Crippen LogP contribution in [-0.4, -0.2) is 35.1 Å². The molecule has 0 bridgehead atoms. The summed E-state index contributed by atoms with van der Waals surface area (Å²) < 4.78 is 5.38. The Morgan fingerprint density at radius 2 is 1.89 bits per heavy atom. The number of alkyl halides is 1.